The lowest BCUT2D eigenvalue weighted by Gasteiger charge is -2.07. The molecule has 1 aromatic heterocycles. The standard InChI is InChI=1S/C13H12ClN3O3/c1-19-10-7-11(20-2)16-13(15-10)17-12(18)8-3-5-9(14)6-4-8/h3-7H,1-2H3,(H,15,16,17,18). The molecule has 0 radical (unpaired) electrons. The van der Waals surface area contributed by atoms with Gasteiger partial charge in [-0.3, -0.25) is 10.1 Å². The van der Waals surface area contributed by atoms with E-state index in [0.717, 1.165) is 0 Å². The van der Waals surface area contributed by atoms with Crippen molar-refractivity contribution >= 4 is 23.5 Å². The third-order valence-corrected chi connectivity index (χ3v) is 2.68. The number of halogens is 1. The van der Waals surface area contributed by atoms with E-state index in [1.807, 2.05) is 0 Å². The molecule has 0 saturated carbocycles. The quantitative estimate of drug-likeness (QED) is 0.937. The molecule has 0 unspecified atom stereocenters. The van der Waals surface area contributed by atoms with Crippen molar-refractivity contribution in [1.82, 2.24) is 9.97 Å². The summed E-state index contributed by atoms with van der Waals surface area (Å²) in [5.41, 5.74) is 0.444. The Hall–Kier alpha value is -2.34. The van der Waals surface area contributed by atoms with Gasteiger partial charge >= 0.3 is 0 Å². The van der Waals surface area contributed by atoms with E-state index in [1.165, 1.54) is 20.3 Å². The molecule has 0 aliphatic rings. The van der Waals surface area contributed by atoms with E-state index in [2.05, 4.69) is 15.3 Å². The number of carbonyl (C=O) groups excluding carboxylic acids is 1. The van der Waals surface area contributed by atoms with Crippen LogP contribution in [0.25, 0.3) is 0 Å². The molecule has 6 nitrogen and oxygen atoms in total. The van der Waals surface area contributed by atoms with Gasteiger partial charge in [0.15, 0.2) is 0 Å². The van der Waals surface area contributed by atoms with E-state index in [1.54, 1.807) is 24.3 Å². The first-order valence-electron chi connectivity index (χ1n) is 5.66. The summed E-state index contributed by atoms with van der Waals surface area (Å²) in [6.07, 6.45) is 0. The number of anilines is 1. The van der Waals surface area contributed by atoms with E-state index in [-0.39, 0.29) is 11.9 Å². The first kappa shape index (κ1) is 14.1. The van der Waals surface area contributed by atoms with Crippen molar-refractivity contribution in [3.8, 4) is 11.8 Å². The molecule has 2 aromatic rings. The number of amides is 1. The molecule has 0 spiro atoms. The molecular weight excluding hydrogens is 282 g/mol. The molecule has 0 saturated heterocycles. The third-order valence-electron chi connectivity index (χ3n) is 2.43. The summed E-state index contributed by atoms with van der Waals surface area (Å²) in [7, 11) is 2.93. The number of hydrogen-bond donors (Lipinski definition) is 1. The SMILES string of the molecule is COc1cc(OC)nc(NC(=O)c2ccc(Cl)cc2)n1. The van der Waals surface area contributed by atoms with Crippen LogP contribution in [-0.4, -0.2) is 30.1 Å². The second-order valence-corrected chi connectivity index (χ2v) is 4.17. The Morgan fingerprint density at radius 1 is 1.10 bits per heavy atom. The number of ether oxygens (including phenoxy) is 2. The van der Waals surface area contributed by atoms with Gasteiger partial charge in [0.05, 0.1) is 20.3 Å². The monoisotopic (exact) mass is 293 g/mol. The number of methoxy groups -OCH3 is 2. The minimum atomic E-state index is -0.350. The predicted octanol–water partition coefficient (Wildman–Crippen LogP) is 2.40. The molecule has 1 N–H and O–H groups in total. The van der Waals surface area contributed by atoms with Crippen LogP contribution in [0.4, 0.5) is 5.95 Å². The van der Waals surface area contributed by atoms with Gasteiger partial charge in [0.1, 0.15) is 0 Å². The van der Waals surface area contributed by atoms with E-state index in [4.69, 9.17) is 21.1 Å². The Bertz CT molecular complexity index is 595. The van der Waals surface area contributed by atoms with E-state index in [9.17, 15) is 4.79 Å². The van der Waals surface area contributed by atoms with Crippen LogP contribution in [0, 0.1) is 0 Å². The average Bonchev–Trinajstić information content (AvgIpc) is 2.47. The molecular formula is C13H12ClN3O3. The van der Waals surface area contributed by atoms with Gasteiger partial charge in [-0.1, -0.05) is 11.6 Å². The molecule has 0 aliphatic heterocycles. The van der Waals surface area contributed by atoms with Crippen molar-refractivity contribution in [3.63, 3.8) is 0 Å². The fourth-order valence-corrected chi connectivity index (χ4v) is 1.57. The highest BCUT2D eigenvalue weighted by atomic mass is 35.5. The Labute approximate surface area is 120 Å². The molecule has 1 heterocycles. The van der Waals surface area contributed by atoms with Gasteiger partial charge < -0.3 is 9.47 Å². The van der Waals surface area contributed by atoms with Crippen LogP contribution in [0.2, 0.25) is 5.02 Å². The van der Waals surface area contributed by atoms with Gasteiger partial charge in [0.2, 0.25) is 17.7 Å². The van der Waals surface area contributed by atoms with Gasteiger partial charge in [-0.2, -0.15) is 9.97 Å². The lowest BCUT2D eigenvalue weighted by atomic mass is 10.2. The first-order chi connectivity index (χ1) is 9.62. The van der Waals surface area contributed by atoms with Crippen molar-refractivity contribution in [2.75, 3.05) is 19.5 Å². The maximum Gasteiger partial charge on any atom is 0.258 e. The molecule has 7 heteroatoms. The molecule has 0 bridgehead atoms. The Balaban J connectivity index is 2.20. The summed E-state index contributed by atoms with van der Waals surface area (Å²) < 4.78 is 10.0. The Kier molecular flexibility index (Phi) is 4.37. The fraction of sp³-hybridized carbons (Fsp3) is 0.154. The second kappa shape index (κ2) is 6.21. The zero-order valence-corrected chi connectivity index (χ0v) is 11.6. The number of nitrogens with zero attached hydrogens (tertiary/aromatic N) is 2. The Morgan fingerprint density at radius 3 is 2.15 bits per heavy atom. The largest absolute Gasteiger partial charge is 0.481 e. The minimum Gasteiger partial charge on any atom is -0.481 e. The van der Waals surface area contributed by atoms with E-state index < -0.39 is 0 Å². The minimum absolute atomic E-state index is 0.0983. The maximum absolute atomic E-state index is 12.0. The summed E-state index contributed by atoms with van der Waals surface area (Å²) in [4.78, 5) is 20.0. The predicted molar refractivity (Wildman–Crippen MR) is 74.5 cm³/mol. The molecule has 0 atom stereocenters. The summed E-state index contributed by atoms with van der Waals surface area (Å²) in [6.45, 7) is 0. The molecule has 1 amide bonds. The molecule has 1 aromatic carbocycles. The summed E-state index contributed by atoms with van der Waals surface area (Å²) in [6, 6.07) is 7.98. The van der Waals surface area contributed by atoms with Crippen LogP contribution in [-0.2, 0) is 0 Å². The zero-order valence-electron chi connectivity index (χ0n) is 10.9. The van der Waals surface area contributed by atoms with Gasteiger partial charge in [0.25, 0.3) is 5.91 Å². The molecule has 104 valence electrons. The number of rotatable bonds is 4. The van der Waals surface area contributed by atoms with Crippen LogP contribution < -0.4 is 14.8 Å². The molecule has 0 aliphatic carbocycles. The Morgan fingerprint density at radius 2 is 1.65 bits per heavy atom. The number of benzene rings is 1. The second-order valence-electron chi connectivity index (χ2n) is 3.74. The van der Waals surface area contributed by atoms with Crippen molar-refractivity contribution in [2.24, 2.45) is 0 Å². The molecule has 0 fully saturated rings. The van der Waals surface area contributed by atoms with Crippen molar-refractivity contribution < 1.29 is 14.3 Å². The van der Waals surface area contributed by atoms with Crippen LogP contribution in [0.5, 0.6) is 11.8 Å². The third kappa shape index (κ3) is 3.36. The number of hydrogen-bond acceptors (Lipinski definition) is 5. The summed E-state index contributed by atoms with van der Waals surface area (Å²) in [5.74, 6) is 0.338. The highest BCUT2D eigenvalue weighted by Gasteiger charge is 2.10. The fourth-order valence-electron chi connectivity index (χ4n) is 1.44. The van der Waals surface area contributed by atoms with Crippen molar-refractivity contribution in [1.29, 1.82) is 0 Å². The maximum atomic E-state index is 12.0. The lowest BCUT2D eigenvalue weighted by molar-refractivity contribution is 0.102. The van der Waals surface area contributed by atoms with Gasteiger partial charge in [0, 0.05) is 10.6 Å². The summed E-state index contributed by atoms with van der Waals surface area (Å²) >= 11 is 5.77. The van der Waals surface area contributed by atoms with E-state index in [0.29, 0.717) is 22.3 Å². The van der Waals surface area contributed by atoms with Crippen LogP contribution in [0.1, 0.15) is 10.4 Å². The molecule has 2 rings (SSSR count). The zero-order chi connectivity index (χ0) is 14.5. The lowest BCUT2D eigenvalue weighted by Crippen LogP contribution is -2.14. The normalized spacial score (nSPS) is 9.95. The first-order valence-corrected chi connectivity index (χ1v) is 6.04. The highest BCUT2D eigenvalue weighted by Crippen LogP contribution is 2.18. The van der Waals surface area contributed by atoms with Crippen LogP contribution in [0.3, 0.4) is 0 Å². The van der Waals surface area contributed by atoms with Crippen molar-refractivity contribution in [3.05, 3.63) is 40.9 Å². The average molecular weight is 294 g/mol. The number of nitrogens with one attached hydrogen (secondary N) is 1. The summed E-state index contributed by atoms with van der Waals surface area (Å²) in [5, 5.41) is 3.12. The topological polar surface area (TPSA) is 73.3 Å². The number of aromatic nitrogens is 2. The van der Waals surface area contributed by atoms with Crippen LogP contribution >= 0.6 is 11.6 Å². The van der Waals surface area contributed by atoms with Gasteiger partial charge in [-0.05, 0) is 24.3 Å². The molecule has 20 heavy (non-hydrogen) atoms. The van der Waals surface area contributed by atoms with Crippen LogP contribution in [0.15, 0.2) is 30.3 Å². The highest BCUT2D eigenvalue weighted by molar-refractivity contribution is 6.30. The number of carbonyl (C=O) groups is 1. The van der Waals surface area contributed by atoms with Gasteiger partial charge in [-0.25, -0.2) is 0 Å². The van der Waals surface area contributed by atoms with Crippen molar-refractivity contribution in [2.45, 2.75) is 0 Å². The smallest absolute Gasteiger partial charge is 0.258 e. The van der Waals surface area contributed by atoms with E-state index >= 15 is 0 Å². The van der Waals surface area contributed by atoms with Gasteiger partial charge in [-0.15, -0.1) is 0 Å².